The van der Waals surface area contributed by atoms with Crippen LogP contribution in [0.1, 0.15) is 0 Å². The first-order valence-corrected chi connectivity index (χ1v) is 16.9. The van der Waals surface area contributed by atoms with Gasteiger partial charge in [0, 0.05) is 57.0 Å². The van der Waals surface area contributed by atoms with Crippen molar-refractivity contribution in [1.82, 2.24) is 14.5 Å². The number of nitrogens with zero attached hydrogens (tertiary/aromatic N) is 4. The number of rotatable bonds is 4. The van der Waals surface area contributed by atoms with Crippen LogP contribution in [0.25, 0.3) is 72.3 Å². The van der Waals surface area contributed by atoms with Crippen LogP contribution in [-0.4, -0.2) is 14.5 Å². The van der Waals surface area contributed by atoms with Gasteiger partial charge in [-0.05, 0) is 83.6 Å². The highest BCUT2D eigenvalue weighted by atomic mass is 15.2. The van der Waals surface area contributed by atoms with E-state index in [9.17, 15) is 0 Å². The molecule has 0 fully saturated rings. The molecule has 6 aromatic carbocycles. The van der Waals surface area contributed by atoms with E-state index in [2.05, 4.69) is 155 Å². The molecule has 9 aromatic rings. The summed E-state index contributed by atoms with van der Waals surface area (Å²) in [5.41, 5.74) is 14.2. The van der Waals surface area contributed by atoms with Gasteiger partial charge in [-0.1, -0.05) is 97.1 Å². The molecule has 1 aliphatic heterocycles. The summed E-state index contributed by atoms with van der Waals surface area (Å²) < 4.78 is 2.46. The predicted molar refractivity (Wildman–Crippen MR) is 206 cm³/mol. The minimum absolute atomic E-state index is 0.917. The molecule has 234 valence electrons. The quantitative estimate of drug-likeness (QED) is 0.192. The van der Waals surface area contributed by atoms with Crippen LogP contribution in [0.4, 0.5) is 17.1 Å². The molecule has 0 N–H and O–H groups in total. The fraction of sp³-hybridized carbons (Fsp3) is 0. The van der Waals surface area contributed by atoms with Crippen LogP contribution in [0.5, 0.6) is 0 Å². The number of hydrogen-bond donors (Lipinski definition) is 0. The fourth-order valence-corrected chi connectivity index (χ4v) is 7.61. The van der Waals surface area contributed by atoms with Crippen LogP contribution < -0.4 is 4.90 Å². The van der Waals surface area contributed by atoms with Crippen LogP contribution in [0, 0.1) is 0 Å². The Kier molecular flexibility index (Phi) is 6.46. The molecule has 0 saturated heterocycles. The Morgan fingerprint density at radius 2 is 1.02 bits per heavy atom. The summed E-state index contributed by atoms with van der Waals surface area (Å²) in [5, 5.41) is 3.66. The minimum atomic E-state index is 0.917. The first kappa shape index (κ1) is 28.3. The second-order valence-corrected chi connectivity index (χ2v) is 12.7. The molecule has 0 amide bonds. The van der Waals surface area contributed by atoms with Gasteiger partial charge in [-0.2, -0.15) is 0 Å². The summed E-state index contributed by atoms with van der Waals surface area (Å²) >= 11 is 0. The summed E-state index contributed by atoms with van der Waals surface area (Å²) in [4.78, 5) is 11.9. The zero-order valence-corrected chi connectivity index (χ0v) is 27.1. The lowest BCUT2D eigenvalue weighted by Crippen LogP contribution is -2.11. The second kappa shape index (κ2) is 11.4. The molecule has 0 atom stereocenters. The third-order valence-electron chi connectivity index (χ3n) is 9.78. The maximum atomic E-state index is 4.76. The molecule has 4 nitrogen and oxygen atoms in total. The summed E-state index contributed by atoms with van der Waals surface area (Å²) in [6.07, 6.45) is 3.71. The first-order chi connectivity index (χ1) is 24.8. The van der Waals surface area contributed by atoms with Crippen LogP contribution in [-0.2, 0) is 0 Å². The second-order valence-electron chi connectivity index (χ2n) is 12.7. The molecular formula is C46H30N4. The highest BCUT2D eigenvalue weighted by molar-refractivity contribution is 6.13. The van der Waals surface area contributed by atoms with Gasteiger partial charge in [0.15, 0.2) is 0 Å². The highest BCUT2D eigenvalue weighted by Gasteiger charge is 2.31. The molecule has 0 unspecified atom stereocenters. The third-order valence-corrected chi connectivity index (χ3v) is 9.78. The molecule has 1 aliphatic rings. The van der Waals surface area contributed by atoms with Crippen molar-refractivity contribution in [2.45, 2.75) is 0 Å². The van der Waals surface area contributed by atoms with E-state index in [1.54, 1.807) is 0 Å². The number of anilines is 3. The van der Waals surface area contributed by atoms with Gasteiger partial charge in [0.1, 0.15) is 0 Å². The van der Waals surface area contributed by atoms with Crippen molar-refractivity contribution in [2.24, 2.45) is 0 Å². The molecule has 0 aliphatic carbocycles. The summed E-state index contributed by atoms with van der Waals surface area (Å²) in [5.74, 6) is 0. The normalized spacial score (nSPS) is 12.0. The number of pyridine rings is 2. The SMILES string of the molecule is c1ccc(-c2cc(-c3ccccn3)cc(N3c4ccccc4-c4c(n(-c5ccc6ccccc6c5)c5ccccc45)-c4ccccc43)c2)nc1. The Bertz CT molecular complexity index is 2650. The smallest absolute Gasteiger partial charge is 0.0702 e. The van der Waals surface area contributed by atoms with Crippen LogP contribution in [0.3, 0.4) is 0 Å². The van der Waals surface area contributed by atoms with E-state index in [0.29, 0.717) is 0 Å². The number of fused-ring (bicyclic) bond motifs is 8. The van der Waals surface area contributed by atoms with E-state index in [-0.39, 0.29) is 0 Å². The number of hydrogen-bond acceptors (Lipinski definition) is 3. The van der Waals surface area contributed by atoms with Crippen molar-refractivity contribution < 1.29 is 0 Å². The van der Waals surface area contributed by atoms with Crippen molar-refractivity contribution in [2.75, 3.05) is 4.90 Å². The van der Waals surface area contributed by atoms with E-state index >= 15 is 0 Å². The van der Waals surface area contributed by atoms with Crippen LogP contribution >= 0.6 is 0 Å². The standard InChI is InChI=1S/C46H30N4/c1-2-14-32-28-35(24-23-31(32)13-1)50-43-21-7-4-16-38(43)45-37-15-3-6-20-42(37)49(44-22-8-5-17-39(44)46(45)50)36-29-33(40-18-9-11-25-47-40)27-34(30-36)41-19-10-12-26-48-41/h1-30H. The van der Waals surface area contributed by atoms with E-state index < -0.39 is 0 Å². The Morgan fingerprint density at radius 1 is 0.420 bits per heavy atom. The number of para-hydroxylation sites is 3. The van der Waals surface area contributed by atoms with Crippen molar-refractivity contribution >= 4 is 38.7 Å². The lowest BCUT2D eigenvalue weighted by atomic mass is 9.98. The van der Waals surface area contributed by atoms with Gasteiger partial charge in [0.25, 0.3) is 0 Å². The van der Waals surface area contributed by atoms with Crippen LogP contribution in [0.15, 0.2) is 182 Å². The van der Waals surface area contributed by atoms with Gasteiger partial charge < -0.3 is 9.47 Å². The van der Waals surface area contributed by atoms with E-state index in [4.69, 9.17) is 9.97 Å². The highest BCUT2D eigenvalue weighted by Crippen LogP contribution is 2.54. The van der Waals surface area contributed by atoms with Crippen molar-refractivity contribution in [1.29, 1.82) is 0 Å². The van der Waals surface area contributed by atoms with E-state index in [1.807, 2.05) is 36.7 Å². The zero-order chi connectivity index (χ0) is 33.0. The van der Waals surface area contributed by atoms with Gasteiger partial charge >= 0.3 is 0 Å². The van der Waals surface area contributed by atoms with Gasteiger partial charge in [0.05, 0.1) is 34.0 Å². The molecular weight excluding hydrogens is 609 g/mol. The van der Waals surface area contributed by atoms with Crippen molar-refractivity contribution in [3.63, 3.8) is 0 Å². The topological polar surface area (TPSA) is 34.0 Å². The Balaban J connectivity index is 1.30. The molecule has 3 aromatic heterocycles. The fourth-order valence-electron chi connectivity index (χ4n) is 7.61. The summed E-state index contributed by atoms with van der Waals surface area (Å²) in [7, 11) is 0. The predicted octanol–water partition coefficient (Wildman–Crippen LogP) is 12.0. The Hall–Kier alpha value is -6.78. The Morgan fingerprint density at radius 3 is 1.74 bits per heavy atom. The maximum Gasteiger partial charge on any atom is 0.0702 e. The molecule has 4 heterocycles. The van der Waals surface area contributed by atoms with Gasteiger partial charge in [-0.25, -0.2) is 0 Å². The number of aromatic nitrogens is 3. The average Bonchev–Trinajstić information content (AvgIpc) is 3.47. The molecule has 10 rings (SSSR count). The first-order valence-electron chi connectivity index (χ1n) is 16.9. The zero-order valence-electron chi connectivity index (χ0n) is 27.1. The average molecular weight is 639 g/mol. The molecule has 4 heteroatoms. The van der Waals surface area contributed by atoms with Gasteiger partial charge in [0.2, 0.25) is 0 Å². The van der Waals surface area contributed by atoms with Gasteiger partial charge in [-0.15, -0.1) is 0 Å². The monoisotopic (exact) mass is 638 g/mol. The molecule has 0 saturated carbocycles. The third kappa shape index (κ3) is 4.46. The lowest BCUT2D eigenvalue weighted by molar-refractivity contribution is 1.14. The Labute approximate surface area is 290 Å². The molecule has 0 spiro atoms. The minimum Gasteiger partial charge on any atom is -0.309 e. The van der Waals surface area contributed by atoms with E-state index in [0.717, 1.165) is 50.8 Å². The summed E-state index contributed by atoms with van der Waals surface area (Å²) in [6.45, 7) is 0. The largest absolute Gasteiger partial charge is 0.309 e. The van der Waals surface area contributed by atoms with Gasteiger partial charge in [-0.3, -0.25) is 9.97 Å². The summed E-state index contributed by atoms with van der Waals surface area (Å²) in [6, 6.07) is 60.7. The van der Waals surface area contributed by atoms with Crippen molar-refractivity contribution in [3.05, 3.63) is 182 Å². The van der Waals surface area contributed by atoms with Crippen molar-refractivity contribution in [3.8, 4) is 50.6 Å². The maximum absolute atomic E-state index is 4.76. The lowest BCUT2D eigenvalue weighted by Gasteiger charge is -2.28. The van der Waals surface area contributed by atoms with E-state index in [1.165, 1.54) is 38.5 Å². The number of benzene rings is 6. The molecule has 50 heavy (non-hydrogen) atoms. The molecule has 0 bridgehead atoms. The molecule has 0 radical (unpaired) electrons. The van der Waals surface area contributed by atoms with Crippen LogP contribution in [0.2, 0.25) is 0 Å².